The zero-order valence-corrected chi connectivity index (χ0v) is 13.0. The summed E-state index contributed by atoms with van der Waals surface area (Å²) < 4.78 is 62.8. The lowest BCUT2D eigenvalue weighted by molar-refractivity contribution is -0.172. The Labute approximate surface area is 120 Å². The molecule has 1 aliphatic heterocycles. The lowest BCUT2D eigenvalue weighted by atomic mass is 10.1. The van der Waals surface area contributed by atoms with Crippen LogP contribution in [-0.4, -0.2) is 40.5 Å². The monoisotopic (exact) mass is 317 g/mol. The Morgan fingerprint density at radius 2 is 1.75 bits per heavy atom. The topological polar surface area (TPSA) is 53.5 Å². The van der Waals surface area contributed by atoms with Gasteiger partial charge in [-0.25, -0.2) is 0 Å². The Morgan fingerprint density at radius 3 is 2.15 bits per heavy atom. The molecule has 2 atom stereocenters. The molecule has 0 radical (unpaired) electrons. The van der Waals surface area contributed by atoms with E-state index < -0.39 is 34.1 Å². The zero-order chi connectivity index (χ0) is 15.6. The van der Waals surface area contributed by atoms with Crippen LogP contribution < -0.4 is 4.72 Å². The van der Waals surface area contributed by atoms with E-state index in [1.807, 2.05) is 0 Å². The van der Waals surface area contributed by atoms with Crippen molar-refractivity contribution >= 4 is 11.4 Å². The highest BCUT2D eigenvalue weighted by Gasteiger charge is 2.46. The van der Waals surface area contributed by atoms with E-state index in [0.29, 0.717) is 13.2 Å². The minimum absolute atomic E-state index is 0.0888. The van der Waals surface area contributed by atoms with Gasteiger partial charge in [-0.1, -0.05) is 0 Å². The third-order valence-electron chi connectivity index (χ3n) is 2.99. The molecule has 4 nitrogen and oxygen atoms in total. The normalized spacial score (nSPS) is 22.8. The van der Waals surface area contributed by atoms with Gasteiger partial charge in [0.15, 0.2) is 5.79 Å². The molecule has 1 saturated heterocycles. The third kappa shape index (κ3) is 5.40. The average Bonchev–Trinajstić information content (AvgIpc) is 2.68. The molecule has 0 aromatic heterocycles. The van der Waals surface area contributed by atoms with Crippen LogP contribution in [-0.2, 0) is 20.8 Å². The summed E-state index contributed by atoms with van der Waals surface area (Å²) in [5.41, 5.74) is 0. The van der Waals surface area contributed by atoms with E-state index in [2.05, 4.69) is 4.72 Å². The SMILES string of the molecule is CC1(CCC(N[S+]([O-])C(C)(C)C)C(F)(F)F)OCCO1. The molecule has 1 fully saturated rings. The maximum absolute atomic E-state index is 13.0. The summed E-state index contributed by atoms with van der Waals surface area (Å²) in [6.07, 6.45) is -4.62. The quantitative estimate of drug-likeness (QED) is 0.792. The molecule has 20 heavy (non-hydrogen) atoms. The van der Waals surface area contributed by atoms with Crippen molar-refractivity contribution in [1.82, 2.24) is 4.72 Å². The minimum Gasteiger partial charge on any atom is -0.598 e. The molecule has 0 saturated carbocycles. The molecule has 0 amide bonds. The lowest BCUT2D eigenvalue weighted by Crippen LogP contribution is -2.51. The highest BCUT2D eigenvalue weighted by Crippen LogP contribution is 2.31. The van der Waals surface area contributed by atoms with Crippen LogP contribution >= 0.6 is 0 Å². The van der Waals surface area contributed by atoms with Gasteiger partial charge in [-0.05, 0) is 34.1 Å². The first-order valence-electron chi connectivity index (χ1n) is 6.47. The van der Waals surface area contributed by atoms with Crippen molar-refractivity contribution in [2.24, 2.45) is 0 Å². The fourth-order valence-corrected chi connectivity index (χ4v) is 2.57. The third-order valence-corrected chi connectivity index (χ3v) is 4.60. The molecule has 8 heteroatoms. The van der Waals surface area contributed by atoms with E-state index in [-0.39, 0.29) is 12.8 Å². The number of rotatable bonds is 5. The first kappa shape index (κ1) is 18.0. The van der Waals surface area contributed by atoms with Gasteiger partial charge < -0.3 is 14.0 Å². The minimum atomic E-state index is -4.46. The van der Waals surface area contributed by atoms with Gasteiger partial charge in [0, 0.05) is 17.8 Å². The highest BCUT2D eigenvalue weighted by atomic mass is 32.2. The largest absolute Gasteiger partial charge is 0.598 e. The van der Waals surface area contributed by atoms with Gasteiger partial charge in [-0.2, -0.15) is 13.2 Å². The van der Waals surface area contributed by atoms with E-state index in [9.17, 15) is 17.7 Å². The van der Waals surface area contributed by atoms with Crippen LogP contribution in [0.2, 0.25) is 0 Å². The Morgan fingerprint density at radius 1 is 1.25 bits per heavy atom. The number of ether oxygens (including phenoxy) is 2. The van der Waals surface area contributed by atoms with Gasteiger partial charge in [-0.3, -0.25) is 0 Å². The van der Waals surface area contributed by atoms with Gasteiger partial charge in [0.05, 0.1) is 13.2 Å². The van der Waals surface area contributed by atoms with Crippen molar-refractivity contribution in [2.75, 3.05) is 13.2 Å². The van der Waals surface area contributed by atoms with Crippen LogP contribution in [0.25, 0.3) is 0 Å². The molecular formula is C12H22F3NO3S. The number of hydrogen-bond acceptors (Lipinski definition) is 4. The van der Waals surface area contributed by atoms with Crippen molar-refractivity contribution in [3.8, 4) is 0 Å². The summed E-state index contributed by atoms with van der Waals surface area (Å²) in [4.78, 5) is 0. The molecule has 0 aromatic carbocycles. The van der Waals surface area contributed by atoms with E-state index in [4.69, 9.17) is 9.47 Å². The summed E-state index contributed by atoms with van der Waals surface area (Å²) in [6.45, 7) is 7.24. The molecule has 1 heterocycles. The second-order valence-corrected chi connectivity index (χ2v) is 7.96. The highest BCUT2D eigenvalue weighted by molar-refractivity contribution is 7.90. The van der Waals surface area contributed by atoms with Gasteiger partial charge in [0.25, 0.3) is 0 Å². The summed E-state index contributed by atoms with van der Waals surface area (Å²) in [6, 6.07) is -1.84. The Hall–Kier alpha value is -0.0200. The van der Waals surface area contributed by atoms with E-state index >= 15 is 0 Å². The van der Waals surface area contributed by atoms with Gasteiger partial charge in [0.2, 0.25) is 0 Å². The first-order valence-corrected chi connectivity index (χ1v) is 7.62. The molecule has 2 unspecified atom stereocenters. The molecule has 1 N–H and O–H groups in total. The summed E-state index contributed by atoms with van der Waals surface area (Å²) >= 11 is -1.78. The Bertz CT molecular complexity index is 314. The number of nitrogens with one attached hydrogen (secondary N) is 1. The molecular weight excluding hydrogens is 295 g/mol. The van der Waals surface area contributed by atoms with Crippen molar-refractivity contribution in [2.45, 2.75) is 63.3 Å². The maximum Gasteiger partial charge on any atom is 0.408 e. The molecule has 0 bridgehead atoms. The van der Waals surface area contributed by atoms with Gasteiger partial charge in [-0.15, -0.1) is 4.72 Å². The van der Waals surface area contributed by atoms with Crippen molar-refractivity contribution in [1.29, 1.82) is 0 Å². The Balaban J connectivity index is 2.61. The fraction of sp³-hybridized carbons (Fsp3) is 1.00. The Kier molecular flexibility index (Phi) is 5.76. The summed E-state index contributed by atoms with van der Waals surface area (Å²) in [5.74, 6) is -0.978. The van der Waals surface area contributed by atoms with E-state index in [1.165, 1.54) is 0 Å². The van der Waals surface area contributed by atoms with Crippen LogP contribution in [0.5, 0.6) is 0 Å². The average molecular weight is 317 g/mol. The van der Waals surface area contributed by atoms with Crippen LogP contribution in [0.4, 0.5) is 13.2 Å². The number of halogens is 3. The second-order valence-electron chi connectivity index (χ2n) is 5.96. The zero-order valence-electron chi connectivity index (χ0n) is 12.2. The molecule has 1 rings (SSSR count). The van der Waals surface area contributed by atoms with E-state index in [1.54, 1.807) is 27.7 Å². The number of alkyl halides is 3. The van der Waals surface area contributed by atoms with Crippen molar-refractivity contribution < 1.29 is 27.2 Å². The van der Waals surface area contributed by atoms with Crippen LogP contribution in [0.15, 0.2) is 0 Å². The first-order chi connectivity index (χ1) is 8.94. The van der Waals surface area contributed by atoms with Gasteiger partial charge in [0.1, 0.15) is 10.8 Å². The van der Waals surface area contributed by atoms with Crippen molar-refractivity contribution in [3.05, 3.63) is 0 Å². The summed E-state index contributed by atoms with van der Waals surface area (Å²) in [7, 11) is 0. The smallest absolute Gasteiger partial charge is 0.408 e. The van der Waals surface area contributed by atoms with Crippen molar-refractivity contribution in [3.63, 3.8) is 0 Å². The molecule has 0 aromatic rings. The van der Waals surface area contributed by atoms with E-state index in [0.717, 1.165) is 0 Å². The van der Waals surface area contributed by atoms with Gasteiger partial charge >= 0.3 is 6.18 Å². The number of hydrogen-bond donors (Lipinski definition) is 1. The second kappa shape index (κ2) is 6.39. The molecule has 0 aliphatic carbocycles. The maximum atomic E-state index is 13.0. The predicted octanol–water partition coefficient (Wildman–Crippen LogP) is 2.51. The molecule has 1 aliphatic rings. The predicted molar refractivity (Wildman–Crippen MR) is 70.4 cm³/mol. The summed E-state index contributed by atoms with van der Waals surface area (Å²) in [5, 5.41) is 0. The van der Waals surface area contributed by atoms with Crippen LogP contribution in [0.3, 0.4) is 0 Å². The fourth-order valence-electron chi connectivity index (χ4n) is 1.70. The standard InChI is InChI=1S/C12H22F3NO3S/c1-10(2,3)20(17)16-9(12(13,14)15)5-6-11(4)18-7-8-19-11/h9,16H,5-8H2,1-4H3. The van der Waals surface area contributed by atoms with Crippen LogP contribution in [0.1, 0.15) is 40.5 Å². The van der Waals surface area contributed by atoms with Crippen LogP contribution in [0, 0.1) is 0 Å². The molecule has 120 valence electrons. The molecule has 0 spiro atoms. The lowest BCUT2D eigenvalue weighted by Gasteiger charge is -2.30.